The van der Waals surface area contributed by atoms with Gasteiger partial charge in [0.2, 0.25) is 0 Å². The Balaban J connectivity index is 2.00. The largest absolute Gasteiger partial charge is 0.454 e. The summed E-state index contributed by atoms with van der Waals surface area (Å²) in [4.78, 5) is 0. The molecule has 2 saturated carbocycles. The quantitative estimate of drug-likeness (QED) is 0.865. The first-order valence-electron chi connectivity index (χ1n) is 4.71. The second-order valence-corrected chi connectivity index (χ2v) is 5.12. The second-order valence-electron chi connectivity index (χ2n) is 4.34. The lowest BCUT2D eigenvalue weighted by molar-refractivity contribution is 0.380. The van der Waals surface area contributed by atoms with E-state index >= 15 is 0 Å². The molecule has 3 heteroatoms. The van der Waals surface area contributed by atoms with Gasteiger partial charge in [0.05, 0.1) is 0 Å². The van der Waals surface area contributed by atoms with Gasteiger partial charge in [0.25, 0.3) is 0 Å². The molecule has 0 aliphatic heterocycles. The molecule has 0 bridgehead atoms. The van der Waals surface area contributed by atoms with Crippen molar-refractivity contribution in [2.75, 3.05) is 0 Å². The SMILES string of the molecule is NC1(C2(c3ccc(Br)o3)CC2)CC1. The third-order valence-electron chi connectivity index (χ3n) is 3.54. The van der Waals surface area contributed by atoms with Crippen LogP contribution in [-0.4, -0.2) is 5.54 Å². The lowest BCUT2D eigenvalue weighted by atomic mass is 9.92. The molecule has 0 amide bonds. The Labute approximate surface area is 85.6 Å². The predicted octanol–water partition coefficient (Wildman–Crippen LogP) is 2.57. The number of rotatable bonds is 2. The van der Waals surface area contributed by atoms with E-state index in [0.717, 1.165) is 23.3 Å². The van der Waals surface area contributed by atoms with Crippen molar-refractivity contribution in [3.8, 4) is 0 Å². The number of hydrogen-bond donors (Lipinski definition) is 1. The van der Waals surface area contributed by atoms with Crippen LogP contribution in [-0.2, 0) is 5.41 Å². The van der Waals surface area contributed by atoms with Crippen LogP contribution in [0.25, 0.3) is 0 Å². The number of halogens is 1. The molecule has 1 heterocycles. The molecular formula is C10H12BrNO. The highest BCUT2D eigenvalue weighted by atomic mass is 79.9. The van der Waals surface area contributed by atoms with Gasteiger partial charge in [0.15, 0.2) is 4.67 Å². The van der Waals surface area contributed by atoms with E-state index in [1.807, 2.05) is 6.07 Å². The van der Waals surface area contributed by atoms with Gasteiger partial charge in [0, 0.05) is 11.0 Å². The van der Waals surface area contributed by atoms with E-state index in [2.05, 4.69) is 22.0 Å². The molecule has 13 heavy (non-hydrogen) atoms. The van der Waals surface area contributed by atoms with Crippen molar-refractivity contribution >= 4 is 15.9 Å². The summed E-state index contributed by atoms with van der Waals surface area (Å²) in [6, 6.07) is 4.02. The molecule has 2 N–H and O–H groups in total. The van der Waals surface area contributed by atoms with Crippen molar-refractivity contribution in [1.82, 2.24) is 0 Å². The first kappa shape index (κ1) is 8.06. The monoisotopic (exact) mass is 241 g/mol. The second kappa shape index (κ2) is 2.20. The van der Waals surface area contributed by atoms with Crippen LogP contribution in [0, 0.1) is 0 Å². The van der Waals surface area contributed by atoms with Gasteiger partial charge >= 0.3 is 0 Å². The smallest absolute Gasteiger partial charge is 0.169 e. The molecule has 0 radical (unpaired) electrons. The van der Waals surface area contributed by atoms with Crippen molar-refractivity contribution in [1.29, 1.82) is 0 Å². The van der Waals surface area contributed by atoms with E-state index in [9.17, 15) is 0 Å². The van der Waals surface area contributed by atoms with Gasteiger partial charge in [-0.3, -0.25) is 0 Å². The minimum atomic E-state index is 0.0598. The van der Waals surface area contributed by atoms with Gasteiger partial charge < -0.3 is 10.2 Å². The lowest BCUT2D eigenvalue weighted by Crippen LogP contribution is -2.36. The summed E-state index contributed by atoms with van der Waals surface area (Å²) in [5.41, 5.74) is 6.51. The van der Waals surface area contributed by atoms with Crippen molar-refractivity contribution < 1.29 is 4.42 Å². The average molecular weight is 242 g/mol. The first-order valence-corrected chi connectivity index (χ1v) is 5.50. The predicted molar refractivity (Wildman–Crippen MR) is 53.5 cm³/mol. The Morgan fingerprint density at radius 1 is 1.23 bits per heavy atom. The summed E-state index contributed by atoms with van der Waals surface area (Å²) in [5.74, 6) is 1.08. The topological polar surface area (TPSA) is 39.2 Å². The van der Waals surface area contributed by atoms with Crippen LogP contribution >= 0.6 is 15.9 Å². The minimum Gasteiger partial charge on any atom is -0.454 e. The van der Waals surface area contributed by atoms with Crippen molar-refractivity contribution in [2.45, 2.75) is 36.6 Å². The highest BCUT2D eigenvalue weighted by Gasteiger charge is 2.65. The summed E-state index contributed by atoms with van der Waals surface area (Å²) in [6.07, 6.45) is 4.71. The Kier molecular flexibility index (Phi) is 1.37. The molecule has 0 spiro atoms. The highest BCUT2D eigenvalue weighted by molar-refractivity contribution is 9.10. The third-order valence-corrected chi connectivity index (χ3v) is 3.96. The molecule has 2 aliphatic rings. The summed E-state index contributed by atoms with van der Waals surface area (Å²) in [5, 5.41) is 0. The molecule has 0 atom stereocenters. The highest BCUT2D eigenvalue weighted by Crippen LogP contribution is 2.63. The van der Waals surface area contributed by atoms with Crippen LogP contribution in [0.2, 0.25) is 0 Å². The van der Waals surface area contributed by atoms with Crippen LogP contribution in [0.1, 0.15) is 31.4 Å². The molecule has 1 aromatic heterocycles. The normalized spacial score (nSPS) is 27.2. The molecule has 1 aromatic rings. The van der Waals surface area contributed by atoms with Gasteiger partial charge in [-0.2, -0.15) is 0 Å². The summed E-state index contributed by atoms with van der Waals surface area (Å²) in [7, 11) is 0. The molecule has 3 rings (SSSR count). The molecule has 0 saturated heterocycles. The minimum absolute atomic E-state index is 0.0598. The van der Waals surface area contributed by atoms with E-state index in [1.54, 1.807) is 0 Å². The maximum Gasteiger partial charge on any atom is 0.169 e. The fourth-order valence-corrected chi connectivity index (χ4v) is 2.61. The van der Waals surface area contributed by atoms with E-state index in [-0.39, 0.29) is 11.0 Å². The molecular weight excluding hydrogens is 230 g/mol. The van der Waals surface area contributed by atoms with Gasteiger partial charge in [-0.25, -0.2) is 0 Å². The summed E-state index contributed by atoms with van der Waals surface area (Å²) >= 11 is 3.33. The zero-order chi connectivity index (χ0) is 9.10. The van der Waals surface area contributed by atoms with Gasteiger partial charge in [-0.1, -0.05) is 0 Å². The fraction of sp³-hybridized carbons (Fsp3) is 0.600. The molecule has 2 fully saturated rings. The van der Waals surface area contributed by atoms with Gasteiger partial charge in [-0.05, 0) is 53.7 Å². The zero-order valence-electron chi connectivity index (χ0n) is 7.35. The molecule has 2 nitrogen and oxygen atoms in total. The maximum absolute atomic E-state index is 6.25. The molecule has 0 unspecified atom stereocenters. The van der Waals surface area contributed by atoms with E-state index in [4.69, 9.17) is 10.2 Å². The third kappa shape index (κ3) is 0.974. The zero-order valence-corrected chi connectivity index (χ0v) is 8.93. The van der Waals surface area contributed by atoms with Crippen LogP contribution in [0.3, 0.4) is 0 Å². The van der Waals surface area contributed by atoms with Crippen LogP contribution < -0.4 is 5.73 Å². The standard InChI is InChI=1S/C10H12BrNO/c11-8-2-1-7(13-8)9(3-4-9)10(12)5-6-10/h1-2H,3-6,12H2. The molecule has 70 valence electrons. The number of hydrogen-bond acceptors (Lipinski definition) is 2. The molecule has 0 aromatic carbocycles. The van der Waals surface area contributed by atoms with E-state index in [1.165, 1.54) is 12.8 Å². The Morgan fingerprint density at radius 3 is 2.31 bits per heavy atom. The van der Waals surface area contributed by atoms with Crippen LogP contribution in [0.4, 0.5) is 0 Å². The Hall–Kier alpha value is -0.280. The number of furan rings is 1. The Morgan fingerprint density at radius 2 is 1.92 bits per heavy atom. The van der Waals surface area contributed by atoms with Crippen molar-refractivity contribution in [3.05, 3.63) is 22.6 Å². The van der Waals surface area contributed by atoms with Crippen molar-refractivity contribution in [3.63, 3.8) is 0 Å². The average Bonchev–Trinajstić information content (AvgIpc) is 2.97. The van der Waals surface area contributed by atoms with E-state index < -0.39 is 0 Å². The van der Waals surface area contributed by atoms with Crippen LogP contribution in [0.15, 0.2) is 21.2 Å². The lowest BCUT2D eigenvalue weighted by Gasteiger charge is -2.19. The summed E-state index contributed by atoms with van der Waals surface area (Å²) in [6.45, 7) is 0. The maximum atomic E-state index is 6.25. The van der Waals surface area contributed by atoms with Crippen molar-refractivity contribution in [2.24, 2.45) is 5.73 Å². The molecule has 2 aliphatic carbocycles. The van der Waals surface area contributed by atoms with Crippen LogP contribution in [0.5, 0.6) is 0 Å². The fourth-order valence-electron chi connectivity index (χ4n) is 2.30. The number of nitrogens with two attached hydrogens (primary N) is 1. The Bertz CT molecular complexity index is 350. The summed E-state index contributed by atoms with van der Waals surface area (Å²) < 4.78 is 6.43. The van der Waals surface area contributed by atoms with Gasteiger partial charge in [0.1, 0.15) is 5.76 Å². The van der Waals surface area contributed by atoms with Gasteiger partial charge in [-0.15, -0.1) is 0 Å². The van der Waals surface area contributed by atoms with E-state index in [0.29, 0.717) is 0 Å². The first-order chi connectivity index (χ1) is 6.16.